The van der Waals surface area contributed by atoms with Crippen LogP contribution in [-0.2, 0) is 6.42 Å². The number of aromatic nitrogens is 1. The number of carbonyl (C=O) groups excluding carboxylic acids is 1. The lowest BCUT2D eigenvalue weighted by molar-refractivity contribution is 0.0350. The second-order valence-electron chi connectivity index (χ2n) is 6.90. The lowest BCUT2D eigenvalue weighted by Crippen LogP contribution is -2.50. The van der Waals surface area contributed by atoms with Gasteiger partial charge in [0.1, 0.15) is 0 Å². The van der Waals surface area contributed by atoms with E-state index in [1.807, 2.05) is 42.6 Å². The molecule has 5 heteroatoms. The van der Waals surface area contributed by atoms with Crippen LogP contribution in [0.4, 0.5) is 0 Å². The van der Waals surface area contributed by atoms with Gasteiger partial charge in [-0.15, -0.1) is 11.3 Å². The Labute approximate surface area is 151 Å². The molecule has 2 aromatic heterocycles. The van der Waals surface area contributed by atoms with Crippen molar-refractivity contribution in [1.29, 1.82) is 0 Å². The third-order valence-corrected chi connectivity index (χ3v) is 5.10. The molecule has 0 saturated heterocycles. The molecule has 1 aromatic carbocycles. The van der Waals surface area contributed by atoms with Gasteiger partial charge >= 0.3 is 0 Å². The minimum absolute atomic E-state index is 0.220. The number of benzene rings is 1. The van der Waals surface area contributed by atoms with Gasteiger partial charge in [-0.25, -0.2) is 0 Å². The van der Waals surface area contributed by atoms with E-state index >= 15 is 0 Å². The van der Waals surface area contributed by atoms with Crippen molar-refractivity contribution in [2.24, 2.45) is 0 Å². The van der Waals surface area contributed by atoms with Gasteiger partial charge in [0.25, 0.3) is 5.91 Å². The van der Waals surface area contributed by atoms with Gasteiger partial charge in [-0.2, -0.15) is 0 Å². The van der Waals surface area contributed by atoms with Crippen LogP contribution < -0.4 is 5.32 Å². The smallest absolute Gasteiger partial charge is 0.253 e. The molecule has 0 spiro atoms. The summed E-state index contributed by atoms with van der Waals surface area (Å²) >= 11 is 1.56. The Kier molecular flexibility index (Phi) is 4.88. The van der Waals surface area contributed by atoms with E-state index in [0.717, 1.165) is 21.3 Å². The summed E-state index contributed by atoms with van der Waals surface area (Å²) in [6.45, 7) is 5.46. The number of amides is 1. The Hall–Kier alpha value is -2.24. The summed E-state index contributed by atoms with van der Waals surface area (Å²) < 4.78 is 0.978. The van der Waals surface area contributed by atoms with E-state index in [2.05, 4.69) is 16.4 Å². The highest BCUT2D eigenvalue weighted by Crippen LogP contribution is 2.20. The molecule has 0 aliphatic carbocycles. The fourth-order valence-electron chi connectivity index (χ4n) is 2.76. The average molecular weight is 354 g/mol. The maximum Gasteiger partial charge on any atom is 0.253 e. The first-order valence-electron chi connectivity index (χ1n) is 8.25. The topological polar surface area (TPSA) is 62.2 Å². The van der Waals surface area contributed by atoms with Crippen molar-refractivity contribution in [1.82, 2.24) is 10.3 Å². The molecule has 0 fully saturated rings. The Morgan fingerprint density at radius 2 is 2.12 bits per heavy atom. The number of hydrogen-bond acceptors (Lipinski definition) is 4. The van der Waals surface area contributed by atoms with E-state index in [-0.39, 0.29) is 5.91 Å². The largest absolute Gasteiger partial charge is 0.388 e. The van der Waals surface area contributed by atoms with Crippen molar-refractivity contribution in [3.63, 3.8) is 0 Å². The lowest BCUT2D eigenvalue weighted by Gasteiger charge is -2.30. The zero-order valence-electron chi connectivity index (χ0n) is 14.6. The average Bonchev–Trinajstić information content (AvgIpc) is 3.01. The molecule has 1 amide bonds. The van der Waals surface area contributed by atoms with Gasteiger partial charge in [0, 0.05) is 6.20 Å². The van der Waals surface area contributed by atoms with Crippen molar-refractivity contribution < 1.29 is 9.90 Å². The molecule has 1 unspecified atom stereocenters. The lowest BCUT2D eigenvalue weighted by atomic mass is 9.91. The van der Waals surface area contributed by atoms with Crippen LogP contribution in [0.3, 0.4) is 0 Å². The zero-order chi connectivity index (χ0) is 18.0. The molecular formula is C20H22N2O2S. The number of pyridine rings is 1. The maximum absolute atomic E-state index is 12.7. The number of thiophene rings is 1. The number of fused-ring (bicyclic) bond motifs is 1. The van der Waals surface area contributed by atoms with Gasteiger partial charge in [-0.05, 0) is 50.3 Å². The SMILES string of the molecule is Cc1cccc(CC(NC(=O)c2cnc3ccsc3c2)C(C)(C)O)c1. The van der Waals surface area contributed by atoms with Crippen LogP contribution in [0.2, 0.25) is 0 Å². The third-order valence-electron chi connectivity index (χ3n) is 4.25. The number of rotatable bonds is 5. The van der Waals surface area contributed by atoms with Crippen LogP contribution in [0, 0.1) is 6.92 Å². The molecule has 0 saturated carbocycles. The molecule has 0 aliphatic rings. The van der Waals surface area contributed by atoms with Crippen molar-refractivity contribution in [3.8, 4) is 0 Å². The first-order chi connectivity index (χ1) is 11.8. The summed E-state index contributed by atoms with van der Waals surface area (Å²) in [6.07, 6.45) is 2.14. The summed E-state index contributed by atoms with van der Waals surface area (Å²) in [4.78, 5) is 17.0. The fraction of sp³-hybridized carbons (Fsp3) is 0.300. The molecule has 0 radical (unpaired) electrons. The predicted octanol–water partition coefficient (Wildman–Crippen LogP) is 3.72. The summed E-state index contributed by atoms with van der Waals surface area (Å²) in [7, 11) is 0. The monoisotopic (exact) mass is 354 g/mol. The molecule has 2 heterocycles. The molecule has 3 aromatic rings. The van der Waals surface area contributed by atoms with E-state index in [0.29, 0.717) is 12.0 Å². The van der Waals surface area contributed by atoms with Crippen LogP contribution in [0.1, 0.15) is 35.3 Å². The first-order valence-corrected chi connectivity index (χ1v) is 9.13. The van der Waals surface area contributed by atoms with Crippen LogP contribution >= 0.6 is 11.3 Å². The first kappa shape index (κ1) is 17.6. The van der Waals surface area contributed by atoms with E-state index in [9.17, 15) is 9.90 Å². The molecule has 25 heavy (non-hydrogen) atoms. The van der Waals surface area contributed by atoms with Gasteiger partial charge in [-0.1, -0.05) is 29.8 Å². The highest BCUT2D eigenvalue weighted by molar-refractivity contribution is 7.17. The second-order valence-corrected chi connectivity index (χ2v) is 7.85. The Morgan fingerprint density at radius 1 is 1.32 bits per heavy atom. The van der Waals surface area contributed by atoms with Gasteiger partial charge in [0.15, 0.2) is 0 Å². The zero-order valence-corrected chi connectivity index (χ0v) is 15.4. The third kappa shape index (κ3) is 4.24. The Balaban J connectivity index is 1.80. The minimum Gasteiger partial charge on any atom is -0.388 e. The number of carbonyl (C=O) groups is 1. The second kappa shape index (κ2) is 6.94. The van der Waals surface area contributed by atoms with Gasteiger partial charge in [0.2, 0.25) is 0 Å². The van der Waals surface area contributed by atoms with E-state index in [1.165, 1.54) is 0 Å². The number of aliphatic hydroxyl groups is 1. The van der Waals surface area contributed by atoms with E-state index in [1.54, 1.807) is 31.4 Å². The number of nitrogens with zero attached hydrogens (tertiary/aromatic N) is 1. The van der Waals surface area contributed by atoms with Gasteiger partial charge in [-0.3, -0.25) is 9.78 Å². The molecule has 3 rings (SSSR count). The van der Waals surface area contributed by atoms with Crippen LogP contribution in [0.15, 0.2) is 48.0 Å². The van der Waals surface area contributed by atoms with E-state index < -0.39 is 11.6 Å². The summed E-state index contributed by atoms with van der Waals surface area (Å²) in [5.41, 5.74) is 2.60. The van der Waals surface area contributed by atoms with Crippen molar-refractivity contribution >= 4 is 27.5 Å². The van der Waals surface area contributed by atoms with Gasteiger partial charge in [0.05, 0.1) is 27.4 Å². The quantitative estimate of drug-likeness (QED) is 0.734. The Morgan fingerprint density at radius 3 is 2.84 bits per heavy atom. The molecule has 0 aliphatic heterocycles. The number of hydrogen-bond donors (Lipinski definition) is 2. The maximum atomic E-state index is 12.7. The number of aryl methyl sites for hydroxylation is 1. The van der Waals surface area contributed by atoms with Crippen LogP contribution in [0.25, 0.3) is 10.2 Å². The number of nitrogens with one attached hydrogen (secondary N) is 1. The molecule has 2 N–H and O–H groups in total. The molecule has 1 atom stereocenters. The highest BCUT2D eigenvalue weighted by atomic mass is 32.1. The molecule has 4 nitrogen and oxygen atoms in total. The Bertz CT molecular complexity index is 896. The summed E-state index contributed by atoms with van der Waals surface area (Å²) in [5, 5.41) is 15.4. The predicted molar refractivity (Wildman–Crippen MR) is 102 cm³/mol. The van der Waals surface area contributed by atoms with E-state index in [4.69, 9.17) is 0 Å². The normalized spacial score (nSPS) is 13.0. The van der Waals surface area contributed by atoms with Crippen LogP contribution in [0.5, 0.6) is 0 Å². The fourth-order valence-corrected chi connectivity index (χ4v) is 3.54. The highest BCUT2D eigenvalue weighted by Gasteiger charge is 2.29. The van der Waals surface area contributed by atoms with Crippen molar-refractivity contribution in [2.45, 2.75) is 38.8 Å². The van der Waals surface area contributed by atoms with Crippen molar-refractivity contribution in [3.05, 3.63) is 64.7 Å². The molecule has 0 bridgehead atoms. The molecule has 130 valence electrons. The van der Waals surface area contributed by atoms with Gasteiger partial charge < -0.3 is 10.4 Å². The van der Waals surface area contributed by atoms with Crippen molar-refractivity contribution in [2.75, 3.05) is 0 Å². The van der Waals surface area contributed by atoms with Crippen LogP contribution in [-0.4, -0.2) is 27.6 Å². The standard InChI is InChI=1S/C20H22N2O2S/c1-13-5-4-6-14(9-13)10-18(20(2,3)24)22-19(23)15-11-17-16(21-12-15)7-8-25-17/h4-9,11-12,18,24H,10H2,1-3H3,(H,22,23). The summed E-state index contributed by atoms with van der Waals surface area (Å²) in [5.74, 6) is -0.220. The summed E-state index contributed by atoms with van der Waals surface area (Å²) in [6, 6.07) is 11.5. The minimum atomic E-state index is -1.04. The molecular weight excluding hydrogens is 332 g/mol.